The zero-order chi connectivity index (χ0) is 18.0. The molecule has 1 aliphatic heterocycles. The Bertz CT molecular complexity index is 583. The van der Waals surface area contributed by atoms with E-state index in [0.29, 0.717) is 6.61 Å². The molecule has 3 heteroatoms. The van der Waals surface area contributed by atoms with Crippen molar-refractivity contribution in [3.8, 4) is 0 Å². The molecule has 0 aromatic heterocycles. The Balaban J connectivity index is 1.80. The van der Waals surface area contributed by atoms with E-state index in [2.05, 4.69) is 64.1 Å². The Morgan fingerprint density at radius 3 is 2.44 bits per heavy atom. The minimum absolute atomic E-state index is 0.0694. The minimum Gasteiger partial charge on any atom is -0.372 e. The molecule has 25 heavy (non-hydrogen) atoms. The van der Waals surface area contributed by atoms with Crippen molar-refractivity contribution in [3.63, 3.8) is 0 Å². The molecule has 1 aliphatic carbocycles. The van der Waals surface area contributed by atoms with Gasteiger partial charge in [0.15, 0.2) is 5.79 Å². The fraction of sp³-hybridized carbons (Fsp3) is 0.636. The van der Waals surface area contributed by atoms with Crippen LogP contribution < -0.4 is 0 Å². The van der Waals surface area contributed by atoms with E-state index >= 15 is 0 Å². The molecule has 1 heterocycles. The SMILES string of the molecule is C/C=C/[C@]1(C)[C@@H](OCc2ccccc2)CCCC12OCC(C)(C)CO2. The Morgan fingerprint density at radius 2 is 1.80 bits per heavy atom. The molecule has 1 saturated heterocycles. The average Bonchev–Trinajstić information content (AvgIpc) is 2.60. The summed E-state index contributed by atoms with van der Waals surface area (Å²) in [6.07, 6.45) is 7.45. The lowest BCUT2D eigenvalue weighted by molar-refractivity contribution is -0.363. The third-order valence-electron chi connectivity index (χ3n) is 5.66. The number of benzene rings is 1. The van der Waals surface area contributed by atoms with Crippen LogP contribution in [0.5, 0.6) is 0 Å². The van der Waals surface area contributed by atoms with Crippen LogP contribution in [0.2, 0.25) is 0 Å². The lowest BCUT2D eigenvalue weighted by Gasteiger charge is -2.56. The maximum atomic E-state index is 6.42. The summed E-state index contributed by atoms with van der Waals surface area (Å²) in [5.41, 5.74) is 0.988. The molecule has 0 bridgehead atoms. The summed E-state index contributed by atoms with van der Waals surface area (Å²) in [4.78, 5) is 0. The van der Waals surface area contributed by atoms with E-state index in [-0.39, 0.29) is 16.9 Å². The van der Waals surface area contributed by atoms with Gasteiger partial charge < -0.3 is 14.2 Å². The van der Waals surface area contributed by atoms with Gasteiger partial charge in [0, 0.05) is 11.8 Å². The molecule has 1 saturated carbocycles. The highest BCUT2D eigenvalue weighted by molar-refractivity contribution is 5.15. The molecular weight excluding hydrogens is 312 g/mol. The summed E-state index contributed by atoms with van der Waals surface area (Å²) in [5, 5.41) is 0. The van der Waals surface area contributed by atoms with Crippen molar-refractivity contribution in [1.82, 2.24) is 0 Å². The van der Waals surface area contributed by atoms with Crippen molar-refractivity contribution in [1.29, 1.82) is 0 Å². The first-order valence-corrected chi connectivity index (χ1v) is 9.48. The smallest absolute Gasteiger partial charge is 0.179 e. The monoisotopic (exact) mass is 344 g/mol. The molecular formula is C22H32O3. The topological polar surface area (TPSA) is 27.7 Å². The first-order valence-electron chi connectivity index (χ1n) is 9.48. The molecule has 1 aromatic carbocycles. The lowest BCUT2D eigenvalue weighted by Crippen LogP contribution is -2.62. The highest BCUT2D eigenvalue weighted by atomic mass is 16.7. The molecule has 3 nitrogen and oxygen atoms in total. The van der Waals surface area contributed by atoms with Gasteiger partial charge in [-0.25, -0.2) is 0 Å². The van der Waals surface area contributed by atoms with E-state index in [1.54, 1.807) is 0 Å². The van der Waals surface area contributed by atoms with E-state index in [1.165, 1.54) is 5.56 Å². The second-order valence-electron chi connectivity index (χ2n) is 8.45. The maximum absolute atomic E-state index is 6.42. The molecule has 0 N–H and O–H groups in total. The van der Waals surface area contributed by atoms with Crippen LogP contribution in [0, 0.1) is 10.8 Å². The van der Waals surface area contributed by atoms with Gasteiger partial charge in [-0.3, -0.25) is 0 Å². The van der Waals surface area contributed by atoms with E-state index in [4.69, 9.17) is 14.2 Å². The molecule has 2 atom stereocenters. The van der Waals surface area contributed by atoms with Crippen LogP contribution in [0.15, 0.2) is 42.5 Å². The fourth-order valence-electron chi connectivity index (χ4n) is 4.11. The van der Waals surface area contributed by atoms with Gasteiger partial charge in [-0.15, -0.1) is 0 Å². The summed E-state index contributed by atoms with van der Waals surface area (Å²) in [7, 11) is 0. The Hall–Kier alpha value is -1.16. The standard InChI is InChI=1S/C22H32O3/c1-5-13-21(4)19(23-15-18-10-7-6-8-11-18)12-9-14-22(21)24-16-20(2,3)17-25-22/h5-8,10-11,13,19H,9,12,14-17H2,1-4H3/b13-5+/t19-,21+/m0/s1. The molecule has 2 aliphatic rings. The van der Waals surface area contributed by atoms with Crippen molar-refractivity contribution in [2.24, 2.45) is 10.8 Å². The first-order chi connectivity index (χ1) is 11.9. The van der Waals surface area contributed by atoms with Crippen molar-refractivity contribution in [3.05, 3.63) is 48.0 Å². The molecule has 0 amide bonds. The van der Waals surface area contributed by atoms with Gasteiger partial charge in [0.05, 0.1) is 31.3 Å². The number of allylic oxidation sites excluding steroid dienone is 1. The van der Waals surface area contributed by atoms with Crippen molar-refractivity contribution < 1.29 is 14.2 Å². The number of ether oxygens (including phenoxy) is 3. The quantitative estimate of drug-likeness (QED) is 0.711. The molecule has 0 radical (unpaired) electrons. The Labute approximate surface area is 152 Å². The van der Waals surface area contributed by atoms with Crippen molar-refractivity contribution >= 4 is 0 Å². The molecule has 138 valence electrons. The third-order valence-corrected chi connectivity index (χ3v) is 5.66. The lowest BCUT2D eigenvalue weighted by atomic mass is 9.67. The normalized spacial score (nSPS) is 31.4. The summed E-state index contributed by atoms with van der Waals surface area (Å²) in [5.74, 6) is -0.575. The van der Waals surface area contributed by atoms with Crippen LogP contribution in [0.4, 0.5) is 0 Å². The second kappa shape index (κ2) is 7.22. The van der Waals surface area contributed by atoms with Gasteiger partial charge in [0.2, 0.25) is 0 Å². The van der Waals surface area contributed by atoms with Gasteiger partial charge in [-0.05, 0) is 32.3 Å². The molecule has 0 unspecified atom stereocenters. The Kier molecular flexibility index (Phi) is 5.38. The van der Waals surface area contributed by atoms with Gasteiger partial charge in [0.25, 0.3) is 0 Å². The maximum Gasteiger partial charge on any atom is 0.179 e. The van der Waals surface area contributed by atoms with E-state index in [0.717, 1.165) is 32.5 Å². The number of hydrogen-bond acceptors (Lipinski definition) is 3. The summed E-state index contributed by atoms with van der Waals surface area (Å²) in [6, 6.07) is 10.4. The fourth-order valence-corrected chi connectivity index (χ4v) is 4.11. The van der Waals surface area contributed by atoms with Crippen LogP contribution in [0.3, 0.4) is 0 Å². The van der Waals surface area contributed by atoms with Gasteiger partial charge in [0.1, 0.15) is 0 Å². The van der Waals surface area contributed by atoms with Gasteiger partial charge in [-0.2, -0.15) is 0 Å². The summed E-state index contributed by atoms with van der Waals surface area (Å²) < 4.78 is 19.2. The second-order valence-corrected chi connectivity index (χ2v) is 8.45. The Morgan fingerprint density at radius 1 is 1.12 bits per heavy atom. The van der Waals surface area contributed by atoms with Crippen LogP contribution in [0.1, 0.15) is 52.5 Å². The van der Waals surface area contributed by atoms with Gasteiger partial charge >= 0.3 is 0 Å². The van der Waals surface area contributed by atoms with Crippen LogP contribution in [0.25, 0.3) is 0 Å². The number of hydrogen-bond donors (Lipinski definition) is 0. The van der Waals surface area contributed by atoms with E-state index in [1.807, 2.05) is 6.07 Å². The summed E-state index contributed by atoms with van der Waals surface area (Å²) >= 11 is 0. The molecule has 3 rings (SSSR count). The molecule has 1 spiro atoms. The van der Waals surface area contributed by atoms with Crippen LogP contribution in [-0.4, -0.2) is 25.1 Å². The van der Waals surface area contributed by atoms with E-state index in [9.17, 15) is 0 Å². The third kappa shape index (κ3) is 3.69. The summed E-state index contributed by atoms with van der Waals surface area (Å²) in [6.45, 7) is 10.8. The van der Waals surface area contributed by atoms with Crippen molar-refractivity contribution in [2.45, 2.75) is 65.5 Å². The highest BCUT2D eigenvalue weighted by Crippen LogP contribution is 2.52. The van der Waals surface area contributed by atoms with Crippen LogP contribution >= 0.6 is 0 Å². The molecule has 2 fully saturated rings. The average molecular weight is 344 g/mol. The van der Waals surface area contributed by atoms with Crippen molar-refractivity contribution in [2.75, 3.05) is 13.2 Å². The van der Waals surface area contributed by atoms with E-state index < -0.39 is 5.79 Å². The largest absolute Gasteiger partial charge is 0.372 e. The predicted molar refractivity (Wildman–Crippen MR) is 100 cm³/mol. The minimum atomic E-state index is -0.575. The van der Waals surface area contributed by atoms with Crippen LogP contribution in [-0.2, 0) is 20.8 Å². The number of rotatable bonds is 4. The zero-order valence-electron chi connectivity index (χ0n) is 16.1. The van der Waals surface area contributed by atoms with Gasteiger partial charge in [-0.1, -0.05) is 56.3 Å². The predicted octanol–water partition coefficient (Wildman–Crippen LogP) is 5.11. The zero-order valence-corrected chi connectivity index (χ0v) is 16.1. The highest BCUT2D eigenvalue weighted by Gasteiger charge is 2.58. The first kappa shape index (κ1) is 18.6. The molecule has 1 aromatic rings.